The summed E-state index contributed by atoms with van der Waals surface area (Å²) in [6.07, 6.45) is 3.59. The largest absolute Gasteiger partial charge is 0.368 e. The van der Waals surface area contributed by atoms with E-state index in [4.69, 9.17) is 11.5 Å². The van der Waals surface area contributed by atoms with Crippen LogP contribution in [0.4, 0.5) is 0 Å². The van der Waals surface area contributed by atoms with Crippen molar-refractivity contribution in [2.24, 2.45) is 11.5 Å². The highest BCUT2D eigenvalue weighted by Gasteiger charge is 2.41. The Balaban J connectivity index is 1.96. The molecule has 1 aliphatic carbocycles. The molecule has 1 heterocycles. The maximum Gasteiger partial charge on any atom is 0.237 e. The predicted molar refractivity (Wildman–Crippen MR) is 56.0 cm³/mol. The minimum atomic E-state index is -0.836. The highest BCUT2D eigenvalue weighted by molar-refractivity contribution is 7.99. The molecule has 0 spiro atoms. The summed E-state index contributed by atoms with van der Waals surface area (Å²) in [6, 6.07) is 0. The highest BCUT2D eigenvalue weighted by atomic mass is 32.2. The number of amides is 1. The molecule has 1 amide bonds. The molecule has 15 heavy (non-hydrogen) atoms. The number of nitrogens with two attached hydrogens (primary N) is 2. The third kappa shape index (κ3) is 2.13. The standard InChI is InChI=1S/C8H13N5OS/c9-6(14)8(10)2-1-5(3-8)15-7-11-4-12-13-7/h4-5H,1-3,10H2,(H2,9,14)(H,11,12,13). The lowest BCUT2D eigenvalue weighted by molar-refractivity contribution is -0.122. The Hall–Kier alpha value is -1.08. The monoisotopic (exact) mass is 227 g/mol. The van der Waals surface area contributed by atoms with Crippen LogP contribution in [0.3, 0.4) is 0 Å². The van der Waals surface area contributed by atoms with Gasteiger partial charge in [-0.25, -0.2) is 4.98 Å². The van der Waals surface area contributed by atoms with E-state index in [0.29, 0.717) is 12.8 Å². The van der Waals surface area contributed by atoms with E-state index in [2.05, 4.69) is 15.2 Å². The van der Waals surface area contributed by atoms with Crippen molar-refractivity contribution in [1.29, 1.82) is 0 Å². The van der Waals surface area contributed by atoms with E-state index in [1.54, 1.807) is 11.8 Å². The molecule has 1 aliphatic rings. The van der Waals surface area contributed by atoms with Crippen molar-refractivity contribution in [3.63, 3.8) is 0 Å². The predicted octanol–water partition coefficient (Wildman–Crippen LogP) is -0.368. The number of hydrogen-bond acceptors (Lipinski definition) is 5. The third-order valence-corrected chi connectivity index (χ3v) is 3.82. The van der Waals surface area contributed by atoms with Crippen molar-refractivity contribution in [3.8, 4) is 0 Å². The van der Waals surface area contributed by atoms with Crippen molar-refractivity contribution < 1.29 is 4.79 Å². The molecule has 1 aromatic heterocycles. The van der Waals surface area contributed by atoms with Crippen molar-refractivity contribution in [1.82, 2.24) is 15.2 Å². The number of primary amides is 1. The molecule has 0 saturated heterocycles. The topological polar surface area (TPSA) is 111 Å². The molecule has 2 rings (SSSR count). The van der Waals surface area contributed by atoms with Crippen molar-refractivity contribution in [2.45, 2.75) is 35.2 Å². The van der Waals surface area contributed by atoms with E-state index >= 15 is 0 Å². The molecule has 0 radical (unpaired) electrons. The molecular formula is C8H13N5OS. The van der Waals surface area contributed by atoms with Crippen LogP contribution in [0.2, 0.25) is 0 Å². The van der Waals surface area contributed by atoms with Gasteiger partial charge in [0.1, 0.15) is 6.33 Å². The molecule has 0 bridgehead atoms. The molecule has 0 aromatic carbocycles. The van der Waals surface area contributed by atoms with Gasteiger partial charge in [-0.2, -0.15) is 5.10 Å². The van der Waals surface area contributed by atoms with Crippen LogP contribution >= 0.6 is 11.8 Å². The van der Waals surface area contributed by atoms with Crippen molar-refractivity contribution >= 4 is 17.7 Å². The quantitative estimate of drug-likeness (QED) is 0.652. The second-order valence-electron chi connectivity index (χ2n) is 3.79. The van der Waals surface area contributed by atoms with Crippen molar-refractivity contribution in [3.05, 3.63) is 6.33 Å². The van der Waals surface area contributed by atoms with E-state index in [1.807, 2.05) is 0 Å². The van der Waals surface area contributed by atoms with Crippen LogP contribution in [-0.4, -0.2) is 31.9 Å². The maximum atomic E-state index is 11.1. The fourth-order valence-electron chi connectivity index (χ4n) is 1.76. The number of nitrogens with one attached hydrogen (secondary N) is 1. The van der Waals surface area contributed by atoms with E-state index in [1.165, 1.54) is 6.33 Å². The maximum absolute atomic E-state index is 11.1. The summed E-state index contributed by atoms with van der Waals surface area (Å²) in [7, 11) is 0. The Morgan fingerprint density at radius 2 is 2.53 bits per heavy atom. The molecular weight excluding hydrogens is 214 g/mol. The molecule has 5 N–H and O–H groups in total. The van der Waals surface area contributed by atoms with Crippen LogP contribution in [-0.2, 0) is 4.79 Å². The van der Waals surface area contributed by atoms with Gasteiger partial charge in [-0.1, -0.05) is 11.8 Å². The Morgan fingerprint density at radius 3 is 3.07 bits per heavy atom. The summed E-state index contributed by atoms with van der Waals surface area (Å²) in [5.41, 5.74) is 10.3. The number of carbonyl (C=O) groups is 1. The average Bonchev–Trinajstić information content (AvgIpc) is 2.77. The molecule has 2 unspecified atom stereocenters. The number of aromatic nitrogens is 3. The molecule has 6 nitrogen and oxygen atoms in total. The Bertz CT molecular complexity index is 354. The van der Waals surface area contributed by atoms with E-state index in [9.17, 15) is 4.79 Å². The lowest BCUT2D eigenvalue weighted by Crippen LogP contribution is -2.50. The van der Waals surface area contributed by atoms with E-state index < -0.39 is 11.4 Å². The Labute approximate surface area is 91.2 Å². The summed E-state index contributed by atoms with van der Waals surface area (Å²) >= 11 is 1.56. The molecule has 2 atom stereocenters. The zero-order valence-electron chi connectivity index (χ0n) is 8.14. The normalized spacial score (nSPS) is 30.6. The van der Waals surface area contributed by atoms with Gasteiger partial charge in [0.05, 0.1) is 5.54 Å². The lowest BCUT2D eigenvalue weighted by atomic mass is 9.99. The van der Waals surface area contributed by atoms with Gasteiger partial charge in [-0.3, -0.25) is 9.89 Å². The first-order chi connectivity index (χ1) is 7.10. The fraction of sp³-hybridized carbons (Fsp3) is 0.625. The summed E-state index contributed by atoms with van der Waals surface area (Å²) < 4.78 is 0. The van der Waals surface area contributed by atoms with Gasteiger partial charge < -0.3 is 11.5 Å². The minimum Gasteiger partial charge on any atom is -0.368 e. The van der Waals surface area contributed by atoms with Gasteiger partial charge in [-0.05, 0) is 19.3 Å². The third-order valence-electron chi connectivity index (χ3n) is 2.67. The summed E-state index contributed by atoms with van der Waals surface area (Å²) in [6.45, 7) is 0. The van der Waals surface area contributed by atoms with Crippen molar-refractivity contribution in [2.75, 3.05) is 0 Å². The highest BCUT2D eigenvalue weighted by Crippen LogP contribution is 2.37. The first kappa shape index (κ1) is 10.4. The summed E-state index contributed by atoms with van der Waals surface area (Å²) in [4.78, 5) is 15.1. The summed E-state index contributed by atoms with van der Waals surface area (Å²) in [5, 5.41) is 7.57. The van der Waals surface area contributed by atoms with Gasteiger partial charge in [0.25, 0.3) is 0 Å². The number of H-pyrrole nitrogens is 1. The van der Waals surface area contributed by atoms with Gasteiger partial charge in [0, 0.05) is 5.25 Å². The SMILES string of the molecule is NC(=O)C1(N)CCC(Sc2ncn[nH]2)C1. The zero-order valence-corrected chi connectivity index (χ0v) is 8.96. The Morgan fingerprint density at radius 1 is 1.73 bits per heavy atom. The molecule has 1 aromatic rings. The van der Waals surface area contributed by atoms with Gasteiger partial charge in [-0.15, -0.1) is 0 Å². The Kier molecular flexibility index (Phi) is 2.66. The number of nitrogens with zero attached hydrogens (tertiary/aromatic N) is 2. The number of thioether (sulfide) groups is 1. The van der Waals surface area contributed by atoms with Crippen LogP contribution in [0.15, 0.2) is 11.5 Å². The van der Waals surface area contributed by atoms with Crippen LogP contribution in [0.5, 0.6) is 0 Å². The lowest BCUT2D eigenvalue weighted by Gasteiger charge is -2.18. The molecule has 7 heteroatoms. The van der Waals surface area contributed by atoms with Gasteiger partial charge >= 0.3 is 0 Å². The smallest absolute Gasteiger partial charge is 0.237 e. The van der Waals surface area contributed by atoms with E-state index in [-0.39, 0.29) is 5.25 Å². The minimum absolute atomic E-state index is 0.287. The number of carbonyl (C=O) groups excluding carboxylic acids is 1. The molecule has 0 aliphatic heterocycles. The van der Waals surface area contributed by atoms with Gasteiger partial charge in [0.2, 0.25) is 5.91 Å². The number of rotatable bonds is 3. The van der Waals surface area contributed by atoms with Crippen LogP contribution in [0.1, 0.15) is 19.3 Å². The van der Waals surface area contributed by atoms with Crippen LogP contribution in [0, 0.1) is 0 Å². The van der Waals surface area contributed by atoms with Gasteiger partial charge in [0.15, 0.2) is 5.16 Å². The molecule has 1 fully saturated rings. The number of hydrogen-bond donors (Lipinski definition) is 3. The first-order valence-corrected chi connectivity index (χ1v) is 5.59. The first-order valence-electron chi connectivity index (χ1n) is 4.71. The second kappa shape index (κ2) is 3.82. The van der Waals surface area contributed by atoms with Crippen LogP contribution < -0.4 is 11.5 Å². The average molecular weight is 227 g/mol. The second-order valence-corrected chi connectivity index (χ2v) is 5.08. The van der Waals surface area contributed by atoms with Crippen LogP contribution in [0.25, 0.3) is 0 Å². The molecule has 1 saturated carbocycles. The van der Waals surface area contributed by atoms with E-state index in [0.717, 1.165) is 11.6 Å². The number of aromatic amines is 1. The zero-order chi connectivity index (χ0) is 10.9. The molecule has 82 valence electrons. The summed E-state index contributed by atoms with van der Waals surface area (Å²) in [5.74, 6) is -0.414. The fourth-order valence-corrected chi connectivity index (χ4v) is 2.91.